The Labute approximate surface area is 184 Å². The fourth-order valence-electron chi connectivity index (χ4n) is 4.50. The van der Waals surface area contributed by atoms with Crippen LogP contribution < -0.4 is 0 Å². The van der Waals surface area contributed by atoms with Crippen LogP contribution >= 0.6 is 11.3 Å². The van der Waals surface area contributed by atoms with E-state index in [4.69, 9.17) is 4.98 Å². The average molecular weight is 425 g/mol. The van der Waals surface area contributed by atoms with E-state index in [1.165, 1.54) is 32.1 Å². The first-order valence-electron chi connectivity index (χ1n) is 11.2. The van der Waals surface area contributed by atoms with Crippen LogP contribution in [0, 0.1) is 6.92 Å². The van der Waals surface area contributed by atoms with E-state index in [2.05, 4.69) is 39.8 Å². The van der Waals surface area contributed by atoms with Crippen LogP contribution in [0.25, 0.3) is 22.1 Å². The molecule has 0 unspecified atom stereocenters. The normalized spacial score (nSPS) is 14.9. The van der Waals surface area contributed by atoms with Gasteiger partial charge in [0.2, 0.25) is 0 Å². The van der Waals surface area contributed by atoms with Gasteiger partial charge >= 0.3 is 0 Å². The van der Waals surface area contributed by atoms with E-state index in [1.807, 2.05) is 0 Å². The molecular formula is C24H32N4OS. The molecule has 160 valence electrons. The van der Waals surface area contributed by atoms with Crippen LogP contribution in [0.5, 0.6) is 0 Å². The molecule has 0 aromatic carbocycles. The lowest BCUT2D eigenvalue weighted by Crippen LogP contribution is -2.16. The second-order valence-corrected chi connectivity index (χ2v) is 9.06. The van der Waals surface area contributed by atoms with Crippen molar-refractivity contribution in [3.05, 3.63) is 41.3 Å². The van der Waals surface area contributed by atoms with Crippen molar-refractivity contribution in [2.75, 3.05) is 0 Å². The Hall–Kier alpha value is -2.34. The third kappa shape index (κ3) is 4.38. The summed E-state index contributed by atoms with van der Waals surface area (Å²) in [6.45, 7) is 4.28. The highest BCUT2D eigenvalue weighted by Crippen LogP contribution is 2.38. The summed E-state index contributed by atoms with van der Waals surface area (Å²) in [5.41, 5.74) is 4.77. The number of rotatable bonds is 8. The SMILES string of the molecule is CCCCCC(=O)c1cc(-c2csc(-c3cnccn3)n2)n(C2CCCCC2)c1C.[HH]. The van der Waals surface area contributed by atoms with Crippen LogP contribution in [0.4, 0.5) is 0 Å². The van der Waals surface area contributed by atoms with E-state index < -0.39 is 0 Å². The quantitative estimate of drug-likeness (QED) is 0.292. The molecule has 1 fully saturated rings. The zero-order chi connectivity index (χ0) is 20.9. The first kappa shape index (κ1) is 20.9. The van der Waals surface area contributed by atoms with E-state index in [0.717, 1.165) is 52.6 Å². The van der Waals surface area contributed by atoms with E-state index in [-0.39, 0.29) is 7.21 Å². The molecule has 3 heterocycles. The number of unbranched alkanes of at least 4 members (excludes halogenated alkanes) is 2. The van der Waals surface area contributed by atoms with Gasteiger partial charge < -0.3 is 4.57 Å². The second-order valence-electron chi connectivity index (χ2n) is 8.20. The lowest BCUT2D eigenvalue weighted by molar-refractivity contribution is 0.0978. The third-order valence-corrected chi connectivity index (χ3v) is 6.95. The molecule has 6 heteroatoms. The van der Waals surface area contributed by atoms with Crippen molar-refractivity contribution in [3.63, 3.8) is 0 Å². The second kappa shape index (κ2) is 9.65. The van der Waals surface area contributed by atoms with Crippen LogP contribution in [-0.4, -0.2) is 25.3 Å². The summed E-state index contributed by atoms with van der Waals surface area (Å²) < 4.78 is 2.40. The Morgan fingerprint density at radius 2 is 2.03 bits per heavy atom. The maximum absolute atomic E-state index is 13.0. The number of hydrogen-bond acceptors (Lipinski definition) is 5. The number of nitrogens with zero attached hydrogens (tertiary/aromatic N) is 4. The van der Waals surface area contributed by atoms with Gasteiger partial charge in [0.15, 0.2) is 5.78 Å². The number of ketones is 1. The van der Waals surface area contributed by atoms with E-state index in [0.29, 0.717) is 12.5 Å². The molecule has 4 rings (SSSR count). The fourth-order valence-corrected chi connectivity index (χ4v) is 5.27. The van der Waals surface area contributed by atoms with Crippen LogP contribution in [-0.2, 0) is 0 Å². The molecule has 1 saturated carbocycles. The smallest absolute Gasteiger partial charge is 0.164 e. The molecule has 0 atom stereocenters. The lowest BCUT2D eigenvalue weighted by Gasteiger charge is -2.26. The standard InChI is InChI=1S/C24H30N4OS.H2/c1-3-4-6-11-23(29)19-14-22(28(17(19)2)18-9-7-5-8-10-18)21-16-30-24(27-21)20-15-25-12-13-26-20;/h12-16,18H,3-11H2,1-2H3;1H. The fraction of sp³-hybridized carbons (Fsp3) is 0.500. The van der Waals surface area contributed by atoms with Crippen molar-refractivity contribution in [1.82, 2.24) is 19.5 Å². The van der Waals surface area contributed by atoms with Crippen LogP contribution in [0.15, 0.2) is 30.0 Å². The molecule has 1 aliphatic carbocycles. The van der Waals surface area contributed by atoms with Crippen molar-refractivity contribution in [2.45, 2.75) is 77.7 Å². The van der Waals surface area contributed by atoms with Gasteiger partial charge in [-0.1, -0.05) is 39.0 Å². The number of hydrogen-bond donors (Lipinski definition) is 0. The molecule has 0 saturated heterocycles. The highest BCUT2D eigenvalue weighted by Gasteiger charge is 2.25. The van der Waals surface area contributed by atoms with Crippen LogP contribution in [0.1, 0.15) is 88.2 Å². The maximum atomic E-state index is 13.0. The Morgan fingerprint density at radius 1 is 1.20 bits per heavy atom. The van der Waals surface area contributed by atoms with E-state index in [1.54, 1.807) is 29.9 Å². The molecule has 0 spiro atoms. The predicted octanol–water partition coefficient (Wildman–Crippen LogP) is 6.89. The molecule has 1 aliphatic rings. The summed E-state index contributed by atoms with van der Waals surface area (Å²) in [5, 5.41) is 2.95. The highest BCUT2D eigenvalue weighted by molar-refractivity contribution is 7.13. The van der Waals surface area contributed by atoms with Gasteiger partial charge in [-0.3, -0.25) is 14.8 Å². The molecule has 0 radical (unpaired) electrons. The topological polar surface area (TPSA) is 60.7 Å². The third-order valence-electron chi connectivity index (χ3n) is 6.09. The maximum Gasteiger partial charge on any atom is 0.164 e. The van der Waals surface area contributed by atoms with Gasteiger partial charge in [-0.2, -0.15) is 0 Å². The molecule has 0 bridgehead atoms. The van der Waals surface area contributed by atoms with E-state index >= 15 is 0 Å². The van der Waals surface area contributed by atoms with Gasteiger partial charge in [0.25, 0.3) is 0 Å². The van der Waals surface area contributed by atoms with Gasteiger partial charge in [0.1, 0.15) is 10.7 Å². The summed E-state index contributed by atoms with van der Waals surface area (Å²) in [4.78, 5) is 26.4. The molecule has 3 aromatic rings. The largest absolute Gasteiger partial charge is 0.340 e. The molecule has 5 nitrogen and oxygen atoms in total. The van der Waals surface area contributed by atoms with E-state index in [9.17, 15) is 4.79 Å². The van der Waals surface area contributed by atoms with Crippen molar-refractivity contribution in [2.24, 2.45) is 0 Å². The minimum Gasteiger partial charge on any atom is -0.340 e. The average Bonchev–Trinajstić information content (AvgIpc) is 3.40. The summed E-state index contributed by atoms with van der Waals surface area (Å²) in [6, 6.07) is 2.54. The van der Waals surface area contributed by atoms with Crippen molar-refractivity contribution >= 4 is 17.1 Å². The van der Waals surface area contributed by atoms with Crippen molar-refractivity contribution in [1.29, 1.82) is 0 Å². The summed E-state index contributed by atoms with van der Waals surface area (Å²) in [5.74, 6) is 0.265. The number of carbonyl (C=O) groups excluding carboxylic acids is 1. The van der Waals surface area contributed by atoms with Crippen LogP contribution in [0.3, 0.4) is 0 Å². The summed E-state index contributed by atoms with van der Waals surface area (Å²) >= 11 is 1.58. The van der Waals surface area contributed by atoms with Crippen molar-refractivity contribution < 1.29 is 6.22 Å². The number of aromatic nitrogens is 4. The zero-order valence-electron chi connectivity index (χ0n) is 17.9. The van der Waals surface area contributed by atoms with Gasteiger partial charge in [0, 0.05) is 42.9 Å². The molecule has 0 N–H and O–H groups in total. The van der Waals surface area contributed by atoms with Crippen LogP contribution in [0.2, 0.25) is 0 Å². The monoisotopic (exact) mass is 424 g/mol. The molecular weight excluding hydrogens is 392 g/mol. The Kier molecular flexibility index (Phi) is 6.72. The Morgan fingerprint density at radius 3 is 2.77 bits per heavy atom. The first-order valence-corrected chi connectivity index (χ1v) is 12.0. The Bertz CT molecular complexity index is 992. The minimum absolute atomic E-state index is 0. The molecule has 0 aliphatic heterocycles. The number of thiazole rings is 1. The summed E-state index contributed by atoms with van der Waals surface area (Å²) in [7, 11) is 0. The minimum atomic E-state index is 0. The van der Waals surface area contributed by atoms with Gasteiger partial charge in [-0.15, -0.1) is 11.3 Å². The lowest BCUT2D eigenvalue weighted by atomic mass is 9.95. The van der Waals surface area contributed by atoms with Gasteiger partial charge in [-0.25, -0.2) is 4.98 Å². The molecule has 30 heavy (non-hydrogen) atoms. The Balaban J connectivity index is 0.00000272. The van der Waals surface area contributed by atoms with Gasteiger partial charge in [-0.05, 0) is 32.3 Å². The van der Waals surface area contributed by atoms with Gasteiger partial charge in [0.05, 0.1) is 17.6 Å². The number of Topliss-reactive ketones (excluding diaryl/α,β-unsaturated/α-hetero) is 1. The first-order chi connectivity index (χ1) is 14.7. The van der Waals surface area contributed by atoms with Crippen molar-refractivity contribution in [3.8, 4) is 22.1 Å². The predicted molar refractivity (Wildman–Crippen MR) is 124 cm³/mol. The molecule has 0 amide bonds. The molecule has 3 aromatic heterocycles. The zero-order valence-corrected chi connectivity index (χ0v) is 18.7. The summed E-state index contributed by atoms with van der Waals surface area (Å²) in [6.07, 6.45) is 15.1. The number of carbonyl (C=O) groups is 1. The highest BCUT2D eigenvalue weighted by atomic mass is 32.1.